The van der Waals surface area contributed by atoms with E-state index in [0.717, 1.165) is 37.2 Å². The average molecular weight is 433 g/mol. The molecule has 7 heteroatoms. The Balaban J connectivity index is 1.39. The van der Waals surface area contributed by atoms with Crippen LogP contribution < -0.4 is 10.2 Å². The van der Waals surface area contributed by atoms with E-state index in [-0.39, 0.29) is 24.3 Å². The third-order valence-corrected chi connectivity index (χ3v) is 6.08. The Morgan fingerprint density at radius 2 is 1.81 bits per heavy atom. The number of nitrogens with one attached hydrogen (secondary N) is 1. The van der Waals surface area contributed by atoms with E-state index in [1.807, 2.05) is 29.2 Å². The van der Waals surface area contributed by atoms with Crippen LogP contribution in [0.2, 0.25) is 0 Å². The number of hydrogen-bond acceptors (Lipinski definition) is 6. The predicted molar refractivity (Wildman–Crippen MR) is 122 cm³/mol. The molecular weight excluding hydrogens is 404 g/mol. The second kappa shape index (κ2) is 10.4. The molecule has 2 saturated heterocycles. The fourth-order valence-electron chi connectivity index (χ4n) is 4.30. The van der Waals surface area contributed by atoms with Gasteiger partial charge in [-0.15, -0.1) is 0 Å². The first-order valence-electron chi connectivity index (χ1n) is 11.1. The molecule has 2 fully saturated rings. The summed E-state index contributed by atoms with van der Waals surface area (Å²) in [6.45, 7) is 4.28. The quantitative estimate of drug-likeness (QED) is 0.706. The number of nitrogens with zero attached hydrogens (tertiary/aromatic N) is 3. The van der Waals surface area contributed by atoms with Gasteiger partial charge < -0.3 is 19.9 Å². The molecule has 1 atom stereocenters. The van der Waals surface area contributed by atoms with Crippen molar-refractivity contribution in [3.8, 4) is 6.07 Å². The van der Waals surface area contributed by atoms with E-state index in [1.165, 1.54) is 0 Å². The van der Waals surface area contributed by atoms with Crippen LogP contribution in [0, 0.1) is 11.3 Å². The van der Waals surface area contributed by atoms with Crippen molar-refractivity contribution in [2.24, 2.45) is 0 Å². The predicted octanol–water partition coefficient (Wildman–Crippen LogP) is 2.47. The zero-order chi connectivity index (χ0) is 22.3. The number of carbonyl (C=O) groups excluding carboxylic acids is 2. The maximum atomic E-state index is 13.1. The topological polar surface area (TPSA) is 85.7 Å². The van der Waals surface area contributed by atoms with E-state index in [9.17, 15) is 9.59 Å². The number of benzene rings is 2. The molecule has 2 aliphatic rings. The van der Waals surface area contributed by atoms with Gasteiger partial charge in [0.05, 0.1) is 37.0 Å². The van der Waals surface area contributed by atoms with Crippen molar-refractivity contribution in [1.82, 2.24) is 10.2 Å². The molecular formula is C25H28N4O3. The van der Waals surface area contributed by atoms with Gasteiger partial charge in [-0.05, 0) is 37.1 Å². The maximum Gasteiger partial charge on any atom is 0.256 e. The van der Waals surface area contributed by atoms with Crippen LogP contribution >= 0.6 is 0 Å². The summed E-state index contributed by atoms with van der Waals surface area (Å²) >= 11 is 0. The molecule has 0 spiro atoms. The van der Waals surface area contributed by atoms with E-state index >= 15 is 0 Å². The molecule has 2 heterocycles. The van der Waals surface area contributed by atoms with E-state index < -0.39 is 0 Å². The lowest BCUT2D eigenvalue weighted by Crippen LogP contribution is -2.48. The molecule has 7 nitrogen and oxygen atoms in total. The first kappa shape index (κ1) is 22.0. The Bertz CT molecular complexity index is 993. The molecule has 2 aromatic rings. The molecule has 2 aromatic carbocycles. The maximum absolute atomic E-state index is 13.1. The van der Waals surface area contributed by atoms with Crippen LogP contribution in [-0.2, 0) is 4.74 Å². The Labute approximate surface area is 188 Å². The number of morpholine rings is 1. The molecule has 0 aromatic heterocycles. The monoisotopic (exact) mass is 432 g/mol. The van der Waals surface area contributed by atoms with Gasteiger partial charge in [0, 0.05) is 43.5 Å². The molecule has 0 unspecified atom stereocenters. The van der Waals surface area contributed by atoms with Gasteiger partial charge in [0.15, 0.2) is 5.78 Å². The van der Waals surface area contributed by atoms with E-state index in [1.54, 1.807) is 24.3 Å². The summed E-state index contributed by atoms with van der Waals surface area (Å²) in [6.07, 6.45) is 1.97. The Morgan fingerprint density at radius 3 is 2.56 bits per heavy atom. The van der Waals surface area contributed by atoms with Crippen molar-refractivity contribution in [2.75, 3.05) is 50.8 Å². The van der Waals surface area contributed by atoms with Gasteiger partial charge in [0.2, 0.25) is 0 Å². The second-order valence-corrected chi connectivity index (χ2v) is 8.20. The number of carbonyl (C=O) groups is 2. The summed E-state index contributed by atoms with van der Waals surface area (Å²) in [5.41, 5.74) is 2.82. The highest BCUT2D eigenvalue weighted by Crippen LogP contribution is 2.26. The normalized spacial score (nSPS) is 18.8. The smallest absolute Gasteiger partial charge is 0.256 e. The molecule has 1 N–H and O–H groups in total. The molecule has 1 amide bonds. The number of rotatable bonds is 6. The van der Waals surface area contributed by atoms with Crippen LogP contribution in [0.5, 0.6) is 0 Å². The van der Waals surface area contributed by atoms with E-state index in [4.69, 9.17) is 10.00 Å². The lowest BCUT2D eigenvalue weighted by Gasteiger charge is -2.36. The molecule has 4 rings (SSSR count). The van der Waals surface area contributed by atoms with Crippen molar-refractivity contribution in [3.63, 3.8) is 0 Å². The summed E-state index contributed by atoms with van der Waals surface area (Å²) < 4.78 is 5.38. The summed E-state index contributed by atoms with van der Waals surface area (Å²) in [5.74, 6) is 0.0597. The number of piperidine rings is 1. The standard InChI is InChI=1S/C25H28N4O3/c26-16-19-7-9-20(10-8-19)24(30)17-27-21-4-3-11-29(18-21)23-6-2-1-5-22(23)25(31)28-12-14-32-15-13-28/h1-2,5-10,21,27H,3-4,11-15,17-18H2/t21-/m1/s1. The fraction of sp³-hybridized carbons (Fsp3) is 0.400. The number of amides is 1. The van der Waals surface area contributed by atoms with E-state index in [2.05, 4.69) is 16.3 Å². The second-order valence-electron chi connectivity index (χ2n) is 8.20. The van der Waals surface area contributed by atoms with Crippen LogP contribution in [0.15, 0.2) is 48.5 Å². The average Bonchev–Trinajstić information content (AvgIpc) is 2.87. The summed E-state index contributed by atoms with van der Waals surface area (Å²) in [5, 5.41) is 12.3. The van der Waals surface area contributed by atoms with Gasteiger partial charge in [-0.1, -0.05) is 24.3 Å². The highest BCUT2D eigenvalue weighted by atomic mass is 16.5. The minimum atomic E-state index is 0.00880. The van der Waals surface area contributed by atoms with Crippen molar-refractivity contribution < 1.29 is 14.3 Å². The highest BCUT2D eigenvalue weighted by molar-refractivity contribution is 6.00. The number of para-hydroxylation sites is 1. The van der Waals surface area contributed by atoms with Crippen LogP contribution in [0.1, 0.15) is 39.1 Å². The van der Waals surface area contributed by atoms with Crippen molar-refractivity contribution in [2.45, 2.75) is 18.9 Å². The third-order valence-electron chi connectivity index (χ3n) is 6.08. The SMILES string of the molecule is N#Cc1ccc(C(=O)CN[C@@H]2CCCN(c3ccccc3C(=O)N3CCOCC3)C2)cc1. The number of hydrogen-bond donors (Lipinski definition) is 1. The van der Waals surface area contributed by atoms with Crippen LogP contribution in [0.3, 0.4) is 0 Å². The van der Waals surface area contributed by atoms with Gasteiger partial charge >= 0.3 is 0 Å². The van der Waals surface area contributed by atoms with Crippen molar-refractivity contribution in [1.29, 1.82) is 5.26 Å². The molecule has 0 aliphatic carbocycles. The minimum absolute atomic E-state index is 0.00880. The molecule has 0 saturated carbocycles. The number of ether oxygens (including phenoxy) is 1. The fourth-order valence-corrected chi connectivity index (χ4v) is 4.30. The number of nitriles is 1. The van der Waals surface area contributed by atoms with Gasteiger partial charge in [0.25, 0.3) is 5.91 Å². The molecule has 2 aliphatic heterocycles. The lowest BCUT2D eigenvalue weighted by atomic mass is 10.0. The van der Waals surface area contributed by atoms with Crippen molar-refractivity contribution in [3.05, 3.63) is 65.2 Å². The zero-order valence-electron chi connectivity index (χ0n) is 18.1. The minimum Gasteiger partial charge on any atom is -0.378 e. The molecule has 0 radical (unpaired) electrons. The van der Waals surface area contributed by atoms with Crippen LogP contribution in [-0.4, -0.2) is 68.6 Å². The number of anilines is 1. The summed E-state index contributed by atoms with van der Waals surface area (Å²) in [4.78, 5) is 29.8. The first-order valence-corrected chi connectivity index (χ1v) is 11.1. The van der Waals surface area contributed by atoms with Crippen molar-refractivity contribution >= 4 is 17.4 Å². The summed E-state index contributed by atoms with van der Waals surface area (Å²) in [6, 6.07) is 16.7. The molecule has 0 bridgehead atoms. The molecule has 32 heavy (non-hydrogen) atoms. The van der Waals surface area contributed by atoms with E-state index in [0.29, 0.717) is 37.4 Å². The largest absolute Gasteiger partial charge is 0.378 e. The van der Waals surface area contributed by atoms with Crippen LogP contribution in [0.4, 0.5) is 5.69 Å². The third kappa shape index (κ3) is 5.16. The molecule has 166 valence electrons. The Hall–Kier alpha value is -3.21. The van der Waals surface area contributed by atoms with Crippen LogP contribution in [0.25, 0.3) is 0 Å². The first-order chi connectivity index (χ1) is 15.7. The lowest BCUT2D eigenvalue weighted by molar-refractivity contribution is 0.0303. The zero-order valence-corrected chi connectivity index (χ0v) is 18.1. The summed E-state index contributed by atoms with van der Waals surface area (Å²) in [7, 11) is 0. The van der Waals surface area contributed by atoms with Gasteiger partial charge in [0.1, 0.15) is 0 Å². The van der Waals surface area contributed by atoms with Gasteiger partial charge in [-0.2, -0.15) is 5.26 Å². The highest BCUT2D eigenvalue weighted by Gasteiger charge is 2.26. The number of Topliss-reactive ketones (excluding diaryl/α,β-unsaturated/α-hetero) is 1. The van der Waals surface area contributed by atoms with Gasteiger partial charge in [-0.25, -0.2) is 0 Å². The Kier molecular flexibility index (Phi) is 7.15. The van der Waals surface area contributed by atoms with Gasteiger partial charge in [-0.3, -0.25) is 9.59 Å². The number of ketones is 1. The Morgan fingerprint density at radius 1 is 1.06 bits per heavy atom.